The summed E-state index contributed by atoms with van der Waals surface area (Å²) in [7, 11) is 0. The largest absolute Gasteiger partial charge is 0.274 e. The number of nitrogens with zero attached hydrogens (tertiary/aromatic N) is 2. The Morgan fingerprint density at radius 1 is 1.14 bits per heavy atom. The van der Waals surface area contributed by atoms with Crippen molar-refractivity contribution < 1.29 is 9.59 Å². The standard InChI is InChI=1S/C17H16N2O2/c1-12-5-7-13(8-6-12)10-14-11-16(20)19(17(14)21)15-4-2-3-9-18-15/h2-9,14H,10-11H2,1H3/t14-/m1/s1. The summed E-state index contributed by atoms with van der Waals surface area (Å²) in [4.78, 5) is 29.9. The van der Waals surface area contributed by atoms with Crippen LogP contribution in [0.15, 0.2) is 48.7 Å². The summed E-state index contributed by atoms with van der Waals surface area (Å²) in [6.45, 7) is 2.02. The minimum atomic E-state index is -0.290. The number of benzene rings is 1. The lowest BCUT2D eigenvalue weighted by atomic mass is 9.97. The van der Waals surface area contributed by atoms with Crippen molar-refractivity contribution in [1.29, 1.82) is 0 Å². The van der Waals surface area contributed by atoms with Crippen LogP contribution in [0.25, 0.3) is 0 Å². The Bertz CT molecular complexity index is 665. The lowest BCUT2D eigenvalue weighted by Crippen LogP contribution is -2.31. The number of hydrogen-bond acceptors (Lipinski definition) is 3. The molecule has 1 saturated heterocycles. The van der Waals surface area contributed by atoms with E-state index in [0.29, 0.717) is 12.2 Å². The van der Waals surface area contributed by atoms with Crippen LogP contribution in [0.5, 0.6) is 0 Å². The molecule has 1 aromatic heterocycles. The fraction of sp³-hybridized carbons (Fsp3) is 0.235. The molecule has 0 saturated carbocycles. The lowest BCUT2D eigenvalue weighted by Gasteiger charge is -2.13. The molecule has 4 heteroatoms. The second-order valence-corrected chi connectivity index (χ2v) is 5.35. The van der Waals surface area contributed by atoms with E-state index in [2.05, 4.69) is 4.98 Å². The normalized spacial score (nSPS) is 18.3. The molecule has 0 unspecified atom stereocenters. The molecule has 106 valence electrons. The van der Waals surface area contributed by atoms with Gasteiger partial charge >= 0.3 is 0 Å². The van der Waals surface area contributed by atoms with Gasteiger partial charge in [-0.3, -0.25) is 9.59 Å². The number of aromatic nitrogens is 1. The molecule has 4 nitrogen and oxygen atoms in total. The van der Waals surface area contributed by atoms with Crippen LogP contribution in [-0.2, 0) is 16.0 Å². The molecule has 2 heterocycles. The number of anilines is 1. The molecule has 1 aromatic carbocycles. The second-order valence-electron chi connectivity index (χ2n) is 5.35. The van der Waals surface area contributed by atoms with E-state index < -0.39 is 0 Å². The van der Waals surface area contributed by atoms with Crippen molar-refractivity contribution in [3.63, 3.8) is 0 Å². The summed E-state index contributed by atoms with van der Waals surface area (Å²) in [6, 6.07) is 13.3. The van der Waals surface area contributed by atoms with Gasteiger partial charge in [0.15, 0.2) is 0 Å². The van der Waals surface area contributed by atoms with Gasteiger partial charge in [0.05, 0.1) is 5.92 Å². The minimum Gasteiger partial charge on any atom is -0.274 e. The molecule has 1 aliphatic rings. The predicted molar refractivity (Wildman–Crippen MR) is 79.7 cm³/mol. The zero-order valence-electron chi connectivity index (χ0n) is 11.8. The van der Waals surface area contributed by atoms with Crippen molar-refractivity contribution in [2.75, 3.05) is 4.90 Å². The van der Waals surface area contributed by atoms with Crippen molar-refractivity contribution in [2.24, 2.45) is 5.92 Å². The highest BCUT2D eigenvalue weighted by atomic mass is 16.2. The van der Waals surface area contributed by atoms with Crippen LogP contribution in [-0.4, -0.2) is 16.8 Å². The highest BCUT2D eigenvalue weighted by Gasteiger charge is 2.39. The van der Waals surface area contributed by atoms with E-state index in [1.54, 1.807) is 24.4 Å². The van der Waals surface area contributed by atoms with Gasteiger partial charge in [0.2, 0.25) is 11.8 Å². The van der Waals surface area contributed by atoms with E-state index in [-0.39, 0.29) is 24.2 Å². The third-order valence-corrected chi connectivity index (χ3v) is 3.72. The summed E-state index contributed by atoms with van der Waals surface area (Å²) < 4.78 is 0. The first-order valence-electron chi connectivity index (χ1n) is 6.98. The Hall–Kier alpha value is -2.49. The van der Waals surface area contributed by atoms with Gasteiger partial charge in [0, 0.05) is 12.6 Å². The number of carbonyl (C=O) groups is 2. The molecular formula is C17H16N2O2. The smallest absolute Gasteiger partial charge is 0.238 e. The zero-order valence-corrected chi connectivity index (χ0v) is 11.8. The molecule has 0 bridgehead atoms. The fourth-order valence-corrected chi connectivity index (χ4v) is 2.59. The first kappa shape index (κ1) is 13.5. The van der Waals surface area contributed by atoms with Crippen molar-refractivity contribution in [2.45, 2.75) is 19.8 Å². The molecule has 1 aliphatic heterocycles. The number of aryl methyl sites for hydroxylation is 1. The number of amides is 2. The minimum absolute atomic E-state index is 0.153. The molecule has 3 rings (SSSR count). The highest BCUT2D eigenvalue weighted by Crippen LogP contribution is 2.27. The maximum atomic E-state index is 12.5. The van der Waals surface area contributed by atoms with Gasteiger partial charge in [-0.05, 0) is 31.0 Å². The van der Waals surface area contributed by atoms with Crippen LogP contribution in [0.1, 0.15) is 17.5 Å². The monoisotopic (exact) mass is 280 g/mol. The molecule has 0 radical (unpaired) electrons. The van der Waals surface area contributed by atoms with Crippen molar-refractivity contribution in [3.8, 4) is 0 Å². The summed E-state index contributed by atoms with van der Waals surface area (Å²) in [6.07, 6.45) is 2.43. The first-order valence-corrected chi connectivity index (χ1v) is 6.98. The van der Waals surface area contributed by atoms with E-state index >= 15 is 0 Å². The Morgan fingerprint density at radius 3 is 2.57 bits per heavy atom. The Kier molecular flexibility index (Phi) is 3.52. The molecule has 1 atom stereocenters. The maximum Gasteiger partial charge on any atom is 0.238 e. The average Bonchev–Trinajstić information content (AvgIpc) is 2.77. The third-order valence-electron chi connectivity index (χ3n) is 3.72. The SMILES string of the molecule is Cc1ccc(C[C@@H]2CC(=O)N(c3ccccn3)C2=O)cc1. The Morgan fingerprint density at radius 2 is 1.90 bits per heavy atom. The summed E-state index contributed by atoms with van der Waals surface area (Å²) in [5.74, 6) is -0.198. The van der Waals surface area contributed by atoms with Gasteiger partial charge in [0.25, 0.3) is 0 Å². The molecule has 0 N–H and O–H groups in total. The highest BCUT2D eigenvalue weighted by molar-refractivity contribution is 6.20. The van der Waals surface area contributed by atoms with E-state index in [1.165, 1.54) is 10.5 Å². The average molecular weight is 280 g/mol. The maximum absolute atomic E-state index is 12.5. The van der Waals surface area contributed by atoms with Crippen molar-refractivity contribution >= 4 is 17.6 Å². The van der Waals surface area contributed by atoms with E-state index in [0.717, 1.165) is 5.56 Å². The van der Waals surface area contributed by atoms with E-state index in [9.17, 15) is 9.59 Å². The van der Waals surface area contributed by atoms with E-state index in [4.69, 9.17) is 0 Å². The Labute approximate surface area is 123 Å². The van der Waals surface area contributed by atoms with Crippen LogP contribution in [0.4, 0.5) is 5.82 Å². The number of carbonyl (C=O) groups excluding carboxylic acids is 2. The number of pyridine rings is 1. The lowest BCUT2D eigenvalue weighted by molar-refractivity contribution is -0.122. The summed E-state index contributed by atoms with van der Waals surface area (Å²) in [5.41, 5.74) is 2.26. The summed E-state index contributed by atoms with van der Waals surface area (Å²) in [5, 5.41) is 0. The van der Waals surface area contributed by atoms with Gasteiger partial charge < -0.3 is 0 Å². The Balaban J connectivity index is 1.79. The van der Waals surface area contributed by atoms with Gasteiger partial charge in [-0.15, -0.1) is 0 Å². The molecule has 0 aliphatic carbocycles. The van der Waals surface area contributed by atoms with Gasteiger partial charge in [-0.1, -0.05) is 35.9 Å². The van der Waals surface area contributed by atoms with Crippen LogP contribution in [0, 0.1) is 12.8 Å². The van der Waals surface area contributed by atoms with E-state index in [1.807, 2.05) is 31.2 Å². The number of imide groups is 1. The fourth-order valence-electron chi connectivity index (χ4n) is 2.59. The van der Waals surface area contributed by atoms with Crippen molar-refractivity contribution in [1.82, 2.24) is 4.98 Å². The number of rotatable bonds is 3. The van der Waals surface area contributed by atoms with Crippen LogP contribution in [0.3, 0.4) is 0 Å². The van der Waals surface area contributed by atoms with Crippen LogP contribution in [0.2, 0.25) is 0 Å². The van der Waals surface area contributed by atoms with Gasteiger partial charge in [0.1, 0.15) is 5.82 Å². The quantitative estimate of drug-likeness (QED) is 0.812. The van der Waals surface area contributed by atoms with Gasteiger partial charge in [-0.2, -0.15) is 0 Å². The number of hydrogen-bond donors (Lipinski definition) is 0. The van der Waals surface area contributed by atoms with Gasteiger partial charge in [-0.25, -0.2) is 9.88 Å². The van der Waals surface area contributed by atoms with Crippen molar-refractivity contribution in [3.05, 3.63) is 59.8 Å². The topological polar surface area (TPSA) is 50.3 Å². The molecule has 2 aromatic rings. The molecule has 1 fully saturated rings. The third kappa shape index (κ3) is 2.70. The summed E-state index contributed by atoms with van der Waals surface area (Å²) >= 11 is 0. The molecule has 21 heavy (non-hydrogen) atoms. The zero-order chi connectivity index (χ0) is 14.8. The first-order chi connectivity index (χ1) is 10.1. The molecule has 0 spiro atoms. The second kappa shape index (κ2) is 5.48. The predicted octanol–water partition coefficient (Wildman–Crippen LogP) is 2.51. The van der Waals surface area contributed by atoms with Crippen LogP contribution < -0.4 is 4.90 Å². The van der Waals surface area contributed by atoms with Crippen LogP contribution >= 0.6 is 0 Å². The molecular weight excluding hydrogens is 264 g/mol. The molecule has 2 amide bonds.